The van der Waals surface area contributed by atoms with E-state index in [9.17, 15) is 9.18 Å². The van der Waals surface area contributed by atoms with Crippen molar-refractivity contribution in [1.82, 2.24) is 4.90 Å². The molecule has 0 aromatic heterocycles. The molecule has 4 heteroatoms. The lowest BCUT2D eigenvalue weighted by Crippen LogP contribution is -2.49. The van der Waals surface area contributed by atoms with Crippen LogP contribution in [0.25, 0.3) is 0 Å². The average molecular weight is 326 g/mol. The summed E-state index contributed by atoms with van der Waals surface area (Å²) >= 11 is 0. The zero-order valence-corrected chi connectivity index (χ0v) is 14.2. The first-order valence-electron chi connectivity index (χ1n) is 8.45. The second-order valence-corrected chi connectivity index (χ2v) is 6.51. The van der Waals surface area contributed by atoms with Gasteiger partial charge in [-0.1, -0.05) is 38.1 Å². The normalized spacial score (nSPS) is 15.0. The van der Waals surface area contributed by atoms with E-state index in [0.29, 0.717) is 37.8 Å². The molecule has 0 spiro atoms. The van der Waals surface area contributed by atoms with Crippen molar-refractivity contribution >= 4 is 11.6 Å². The number of piperazine rings is 1. The van der Waals surface area contributed by atoms with E-state index in [2.05, 4.69) is 13.8 Å². The molecule has 2 aromatic carbocycles. The topological polar surface area (TPSA) is 23.6 Å². The van der Waals surface area contributed by atoms with Gasteiger partial charge in [0.05, 0.1) is 5.69 Å². The van der Waals surface area contributed by atoms with Crippen LogP contribution < -0.4 is 4.90 Å². The van der Waals surface area contributed by atoms with Gasteiger partial charge >= 0.3 is 0 Å². The molecule has 24 heavy (non-hydrogen) atoms. The molecule has 0 saturated carbocycles. The highest BCUT2D eigenvalue weighted by atomic mass is 19.1. The first-order valence-corrected chi connectivity index (χ1v) is 8.45. The van der Waals surface area contributed by atoms with E-state index in [0.717, 1.165) is 5.56 Å². The Hall–Kier alpha value is -2.36. The maximum atomic E-state index is 13.9. The fraction of sp³-hybridized carbons (Fsp3) is 0.350. The zero-order chi connectivity index (χ0) is 17.1. The molecule has 1 saturated heterocycles. The Morgan fingerprint density at radius 3 is 2.17 bits per heavy atom. The van der Waals surface area contributed by atoms with Gasteiger partial charge in [0.1, 0.15) is 5.82 Å². The summed E-state index contributed by atoms with van der Waals surface area (Å²) in [4.78, 5) is 16.5. The standard InChI is InChI=1S/C20H23FN2O/c1-15(2)16-7-9-17(10-8-16)20(24)23-13-11-22(12-14-23)19-6-4-3-5-18(19)21/h3-10,15H,11-14H2,1-2H3. The second kappa shape index (κ2) is 7.04. The predicted molar refractivity (Wildman–Crippen MR) is 95.0 cm³/mol. The predicted octanol–water partition coefficient (Wildman–Crippen LogP) is 3.91. The Bertz CT molecular complexity index is 704. The SMILES string of the molecule is CC(C)c1ccc(C(=O)N2CCN(c3ccccc3F)CC2)cc1. The number of halogens is 1. The molecule has 126 valence electrons. The van der Waals surface area contributed by atoms with Crippen LogP contribution in [0.5, 0.6) is 0 Å². The number of hydrogen-bond donors (Lipinski definition) is 0. The van der Waals surface area contributed by atoms with Crippen LogP contribution in [-0.2, 0) is 0 Å². The first-order chi connectivity index (χ1) is 11.6. The minimum Gasteiger partial charge on any atom is -0.366 e. The highest BCUT2D eigenvalue weighted by Crippen LogP contribution is 2.21. The number of amides is 1. The van der Waals surface area contributed by atoms with Gasteiger partial charge in [-0.25, -0.2) is 4.39 Å². The number of nitrogens with zero attached hydrogens (tertiary/aromatic N) is 2. The van der Waals surface area contributed by atoms with E-state index in [1.54, 1.807) is 12.1 Å². The third-order valence-electron chi connectivity index (χ3n) is 4.58. The van der Waals surface area contributed by atoms with Gasteiger partial charge < -0.3 is 9.80 Å². The fourth-order valence-electron chi connectivity index (χ4n) is 3.05. The van der Waals surface area contributed by atoms with Crippen LogP contribution in [0.1, 0.15) is 35.7 Å². The van der Waals surface area contributed by atoms with E-state index >= 15 is 0 Å². The summed E-state index contributed by atoms with van der Waals surface area (Å²) in [5.74, 6) is 0.304. The monoisotopic (exact) mass is 326 g/mol. The number of para-hydroxylation sites is 1. The maximum absolute atomic E-state index is 13.9. The largest absolute Gasteiger partial charge is 0.366 e. The summed E-state index contributed by atoms with van der Waals surface area (Å²) in [6.07, 6.45) is 0. The molecule has 2 aromatic rings. The quantitative estimate of drug-likeness (QED) is 0.854. The molecule has 1 aliphatic rings. The molecular formula is C20H23FN2O. The van der Waals surface area contributed by atoms with Gasteiger partial charge in [-0.15, -0.1) is 0 Å². The van der Waals surface area contributed by atoms with Crippen molar-refractivity contribution in [2.24, 2.45) is 0 Å². The number of carbonyl (C=O) groups excluding carboxylic acids is 1. The van der Waals surface area contributed by atoms with Gasteiger partial charge in [0.2, 0.25) is 0 Å². The minimum absolute atomic E-state index is 0.0542. The molecule has 0 atom stereocenters. The van der Waals surface area contributed by atoms with Gasteiger partial charge in [0.15, 0.2) is 0 Å². The summed E-state index contributed by atoms with van der Waals surface area (Å²) in [6, 6.07) is 14.6. The van der Waals surface area contributed by atoms with Crippen molar-refractivity contribution in [3.63, 3.8) is 0 Å². The molecule has 1 aliphatic heterocycles. The molecule has 1 fully saturated rings. The Kier molecular flexibility index (Phi) is 4.84. The highest BCUT2D eigenvalue weighted by molar-refractivity contribution is 5.94. The molecule has 3 nitrogen and oxygen atoms in total. The van der Waals surface area contributed by atoms with Crippen LogP contribution in [0.4, 0.5) is 10.1 Å². The van der Waals surface area contributed by atoms with E-state index < -0.39 is 0 Å². The fourth-order valence-corrected chi connectivity index (χ4v) is 3.05. The van der Waals surface area contributed by atoms with Gasteiger partial charge in [-0.2, -0.15) is 0 Å². The van der Waals surface area contributed by atoms with Crippen LogP contribution in [0, 0.1) is 5.82 Å². The minimum atomic E-state index is -0.207. The Labute approximate surface area is 142 Å². The van der Waals surface area contributed by atoms with Crippen molar-refractivity contribution in [3.05, 3.63) is 65.5 Å². The summed E-state index contributed by atoms with van der Waals surface area (Å²) in [5.41, 5.74) is 2.57. The zero-order valence-electron chi connectivity index (χ0n) is 14.2. The van der Waals surface area contributed by atoms with Crippen molar-refractivity contribution in [1.29, 1.82) is 0 Å². The van der Waals surface area contributed by atoms with E-state index in [1.807, 2.05) is 40.1 Å². The Balaban J connectivity index is 1.64. The molecule has 0 N–H and O–H groups in total. The van der Waals surface area contributed by atoms with Crippen LogP contribution in [0.2, 0.25) is 0 Å². The Morgan fingerprint density at radius 1 is 0.958 bits per heavy atom. The summed E-state index contributed by atoms with van der Waals surface area (Å²) in [6.45, 7) is 6.79. The van der Waals surface area contributed by atoms with Crippen molar-refractivity contribution in [2.75, 3.05) is 31.1 Å². The second-order valence-electron chi connectivity index (χ2n) is 6.51. The number of benzene rings is 2. The maximum Gasteiger partial charge on any atom is 0.253 e. The van der Waals surface area contributed by atoms with Crippen molar-refractivity contribution in [3.8, 4) is 0 Å². The van der Waals surface area contributed by atoms with Crippen LogP contribution in [0.3, 0.4) is 0 Å². The molecule has 0 radical (unpaired) electrons. The highest BCUT2D eigenvalue weighted by Gasteiger charge is 2.23. The van der Waals surface area contributed by atoms with Crippen molar-refractivity contribution in [2.45, 2.75) is 19.8 Å². The van der Waals surface area contributed by atoms with E-state index in [4.69, 9.17) is 0 Å². The van der Waals surface area contributed by atoms with Gasteiger partial charge in [0, 0.05) is 31.7 Å². The lowest BCUT2D eigenvalue weighted by Gasteiger charge is -2.36. The molecule has 1 amide bonds. The smallest absolute Gasteiger partial charge is 0.253 e. The number of carbonyl (C=O) groups is 1. The molecule has 0 aliphatic carbocycles. The molecule has 0 unspecified atom stereocenters. The lowest BCUT2D eigenvalue weighted by atomic mass is 10.0. The lowest BCUT2D eigenvalue weighted by molar-refractivity contribution is 0.0746. The summed E-state index contributed by atoms with van der Waals surface area (Å²) < 4.78 is 13.9. The van der Waals surface area contributed by atoms with E-state index in [1.165, 1.54) is 11.6 Å². The number of anilines is 1. The van der Waals surface area contributed by atoms with Crippen LogP contribution in [0.15, 0.2) is 48.5 Å². The summed E-state index contributed by atoms with van der Waals surface area (Å²) in [5, 5.41) is 0. The van der Waals surface area contributed by atoms with Crippen molar-refractivity contribution < 1.29 is 9.18 Å². The van der Waals surface area contributed by atoms with Gasteiger partial charge in [-0.3, -0.25) is 4.79 Å². The molecular weight excluding hydrogens is 303 g/mol. The number of hydrogen-bond acceptors (Lipinski definition) is 2. The third-order valence-corrected chi connectivity index (χ3v) is 4.58. The van der Waals surface area contributed by atoms with Crippen LogP contribution >= 0.6 is 0 Å². The van der Waals surface area contributed by atoms with E-state index in [-0.39, 0.29) is 11.7 Å². The van der Waals surface area contributed by atoms with Gasteiger partial charge in [0.25, 0.3) is 5.91 Å². The van der Waals surface area contributed by atoms with Crippen LogP contribution in [-0.4, -0.2) is 37.0 Å². The summed E-state index contributed by atoms with van der Waals surface area (Å²) in [7, 11) is 0. The first kappa shape index (κ1) is 16.5. The average Bonchev–Trinajstić information content (AvgIpc) is 2.62. The molecule has 3 rings (SSSR count). The number of rotatable bonds is 3. The Morgan fingerprint density at radius 2 is 1.58 bits per heavy atom. The molecule has 1 heterocycles. The third kappa shape index (κ3) is 3.42. The van der Waals surface area contributed by atoms with Gasteiger partial charge in [-0.05, 0) is 35.7 Å². The molecule has 0 bridgehead atoms.